The number of ether oxygens (including phenoxy) is 1. The summed E-state index contributed by atoms with van der Waals surface area (Å²) in [4.78, 5) is 0. The number of hydrogen-bond donors (Lipinski definition) is 3. The van der Waals surface area contributed by atoms with E-state index in [-0.39, 0.29) is 11.0 Å². The lowest BCUT2D eigenvalue weighted by atomic mass is 9.61. The highest BCUT2D eigenvalue weighted by atomic mass is 16.6. The number of fused-ring (bicyclic) bond motifs is 1. The molecule has 3 N–H and O–H groups in total. The molecular formula is C27H40O4. The van der Waals surface area contributed by atoms with Gasteiger partial charge >= 0.3 is 0 Å². The number of allylic oxidation sites excluding steroid dienone is 4. The van der Waals surface area contributed by atoms with Crippen LogP contribution in [0, 0.1) is 23.2 Å². The van der Waals surface area contributed by atoms with Crippen molar-refractivity contribution in [3.05, 3.63) is 47.6 Å². The summed E-state index contributed by atoms with van der Waals surface area (Å²) in [5.41, 5.74) is 3.16. The lowest BCUT2D eigenvalue weighted by Crippen LogP contribution is -2.35. The molecule has 31 heavy (non-hydrogen) atoms. The Morgan fingerprint density at radius 2 is 1.90 bits per heavy atom. The van der Waals surface area contributed by atoms with Crippen molar-refractivity contribution >= 4 is 0 Å². The Balaban J connectivity index is 1.48. The summed E-state index contributed by atoms with van der Waals surface area (Å²) in [6.07, 6.45) is 13.9. The van der Waals surface area contributed by atoms with Gasteiger partial charge in [0.1, 0.15) is 11.7 Å². The maximum atomic E-state index is 10.4. The Labute approximate surface area is 187 Å². The Hall–Kier alpha value is -1.20. The third-order valence-electron chi connectivity index (χ3n) is 8.76. The number of rotatable bonds is 5. The monoisotopic (exact) mass is 428 g/mol. The molecule has 3 saturated carbocycles. The van der Waals surface area contributed by atoms with Gasteiger partial charge in [-0.05, 0) is 79.8 Å². The summed E-state index contributed by atoms with van der Waals surface area (Å²) in [7, 11) is 0. The van der Waals surface area contributed by atoms with Crippen molar-refractivity contribution in [1.29, 1.82) is 0 Å². The van der Waals surface area contributed by atoms with Crippen molar-refractivity contribution in [3.8, 4) is 0 Å². The minimum Gasteiger partial charge on any atom is -0.393 e. The second-order valence-electron chi connectivity index (χ2n) is 11.0. The summed E-state index contributed by atoms with van der Waals surface area (Å²) in [6.45, 7) is 11.4. The van der Waals surface area contributed by atoms with E-state index in [1.165, 1.54) is 31.3 Å². The molecule has 0 aromatic rings. The normalized spacial score (nSPS) is 45.3. The van der Waals surface area contributed by atoms with E-state index >= 15 is 0 Å². The molecule has 4 rings (SSSR count). The van der Waals surface area contributed by atoms with Crippen molar-refractivity contribution in [2.45, 2.75) is 89.6 Å². The van der Waals surface area contributed by atoms with E-state index in [1.807, 2.05) is 13.0 Å². The Bertz CT molecular complexity index is 789. The Morgan fingerprint density at radius 1 is 1.16 bits per heavy atom. The molecule has 1 aliphatic heterocycles. The van der Waals surface area contributed by atoms with Crippen LogP contribution < -0.4 is 0 Å². The van der Waals surface area contributed by atoms with Gasteiger partial charge in [0.25, 0.3) is 0 Å². The van der Waals surface area contributed by atoms with Gasteiger partial charge < -0.3 is 20.1 Å². The second-order valence-corrected chi connectivity index (χ2v) is 11.0. The van der Waals surface area contributed by atoms with Crippen LogP contribution in [0.3, 0.4) is 0 Å². The summed E-state index contributed by atoms with van der Waals surface area (Å²) in [6, 6.07) is 0. The minimum absolute atomic E-state index is 0.278. The Morgan fingerprint density at radius 3 is 2.61 bits per heavy atom. The smallest absolute Gasteiger partial charge is 0.118 e. The van der Waals surface area contributed by atoms with Crippen molar-refractivity contribution in [2.75, 3.05) is 6.61 Å². The van der Waals surface area contributed by atoms with Crippen molar-refractivity contribution < 1.29 is 20.1 Å². The van der Waals surface area contributed by atoms with Gasteiger partial charge in [-0.15, -0.1) is 0 Å². The van der Waals surface area contributed by atoms with Gasteiger partial charge in [0.05, 0.1) is 18.8 Å². The van der Waals surface area contributed by atoms with Gasteiger partial charge in [0.2, 0.25) is 0 Å². The van der Waals surface area contributed by atoms with E-state index < -0.39 is 18.3 Å². The van der Waals surface area contributed by atoms with E-state index in [0.717, 1.165) is 17.6 Å². The topological polar surface area (TPSA) is 73.2 Å². The summed E-state index contributed by atoms with van der Waals surface area (Å²) >= 11 is 0. The zero-order valence-corrected chi connectivity index (χ0v) is 19.4. The molecule has 4 aliphatic rings. The van der Waals surface area contributed by atoms with Crippen LogP contribution in [0.1, 0.15) is 65.7 Å². The molecule has 4 fully saturated rings. The first kappa shape index (κ1) is 23.0. The average Bonchev–Trinajstić information content (AvgIpc) is 3.37. The molecule has 0 bridgehead atoms. The van der Waals surface area contributed by atoms with Crippen LogP contribution >= 0.6 is 0 Å². The van der Waals surface area contributed by atoms with Crippen LogP contribution in [-0.4, -0.2) is 45.8 Å². The van der Waals surface area contributed by atoms with Gasteiger partial charge in [-0.25, -0.2) is 0 Å². The maximum Gasteiger partial charge on any atom is 0.118 e. The number of aliphatic hydroxyl groups is 3. The van der Waals surface area contributed by atoms with Crippen LogP contribution in [0.2, 0.25) is 0 Å². The largest absolute Gasteiger partial charge is 0.393 e. The molecule has 1 heterocycles. The molecule has 0 spiro atoms. The van der Waals surface area contributed by atoms with E-state index in [2.05, 4.69) is 38.7 Å². The van der Waals surface area contributed by atoms with Crippen LogP contribution in [0.5, 0.6) is 0 Å². The fourth-order valence-electron chi connectivity index (χ4n) is 6.51. The van der Waals surface area contributed by atoms with Crippen LogP contribution in [0.25, 0.3) is 0 Å². The molecule has 0 amide bonds. The molecule has 3 aliphatic carbocycles. The predicted molar refractivity (Wildman–Crippen MR) is 123 cm³/mol. The second kappa shape index (κ2) is 8.62. The number of hydrogen-bond acceptors (Lipinski definition) is 4. The third-order valence-corrected chi connectivity index (χ3v) is 8.76. The highest BCUT2D eigenvalue weighted by Gasteiger charge is 2.50. The molecule has 4 nitrogen and oxygen atoms in total. The van der Waals surface area contributed by atoms with E-state index in [9.17, 15) is 15.3 Å². The summed E-state index contributed by atoms with van der Waals surface area (Å²) < 4.78 is 5.38. The highest BCUT2D eigenvalue weighted by molar-refractivity contribution is 5.38. The molecule has 172 valence electrons. The zero-order chi connectivity index (χ0) is 22.4. The van der Waals surface area contributed by atoms with E-state index in [1.54, 1.807) is 0 Å². The lowest BCUT2D eigenvalue weighted by molar-refractivity contribution is 0.0862. The van der Waals surface area contributed by atoms with Crippen LogP contribution in [0.4, 0.5) is 0 Å². The van der Waals surface area contributed by atoms with E-state index in [4.69, 9.17) is 4.74 Å². The molecule has 4 heteroatoms. The quantitative estimate of drug-likeness (QED) is 0.446. The van der Waals surface area contributed by atoms with Gasteiger partial charge in [0, 0.05) is 6.42 Å². The molecule has 0 aromatic carbocycles. The first-order valence-corrected chi connectivity index (χ1v) is 12.1. The summed E-state index contributed by atoms with van der Waals surface area (Å²) in [5.74, 6) is 1.62. The van der Waals surface area contributed by atoms with Gasteiger partial charge in [0.15, 0.2) is 0 Å². The fourth-order valence-corrected chi connectivity index (χ4v) is 6.51. The molecule has 8 atom stereocenters. The minimum atomic E-state index is -0.632. The van der Waals surface area contributed by atoms with E-state index in [0.29, 0.717) is 37.2 Å². The van der Waals surface area contributed by atoms with Gasteiger partial charge in [-0.3, -0.25) is 0 Å². The number of epoxide rings is 1. The predicted octanol–water partition coefficient (Wildman–Crippen LogP) is 4.47. The Kier molecular flexibility index (Phi) is 6.39. The molecule has 0 radical (unpaired) electrons. The maximum absolute atomic E-state index is 10.4. The van der Waals surface area contributed by atoms with Crippen LogP contribution in [0.15, 0.2) is 47.6 Å². The summed E-state index contributed by atoms with van der Waals surface area (Å²) in [5, 5.41) is 30.5. The van der Waals surface area contributed by atoms with Crippen LogP contribution in [-0.2, 0) is 4.74 Å². The highest BCUT2D eigenvalue weighted by Crippen LogP contribution is 2.59. The van der Waals surface area contributed by atoms with Crippen molar-refractivity contribution in [2.24, 2.45) is 23.2 Å². The SMILES string of the molecule is C=C1/C(=C\C=C2/CCC[C@]3(C)[C@@H]([C@H](C)/C=C/[C@@H](O)[C@]4(C)CO4)CC[C@@H]23)C[C@@H](O)C[C@@H]1O. The number of aliphatic hydroxyl groups excluding tert-OH is 3. The molecule has 0 aromatic heterocycles. The first-order valence-electron chi connectivity index (χ1n) is 12.1. The third kappa shape index (κ3) is 4.50. The van der Waals surface area contributed by atoms with Crippen molar-refractivity contribution in [3.63, 3.8) is 0 Å². The van der Waals surface area contributed by atoms with Gasteiger partial charge in [-0.1, -0.05) is 50.3 Å². The first-order chi connectivity index (χ1) is 14.6. The standard InChI is InChI=1S/C27H40O4/c1-17(7-12-25(30)27(4)16-31-27)22-10-11-23-19(6-5-13-26(22,23)3)8-9-20-14-21(28)15-24(29)18(20)2/h7-9,12,17,21-25,28-30H,2,5-6,10-11,13-16H2,1,3-4H3/b12-7+,19-8+,20-9-/t17-,21-,22-,23+,24+,25-,26-,27+/m1/s1. The molecule has 0 unspecified atom stereocenters. The lowest BCUT2D eigenvalue weighted by Gasteiger charge is -2.44. The average molecular weight is 429 g/mol. The zero-order valence-electron chi connectivity index (χ0n) is 19.4. The molecule has 1 saturated heterocycles. The molecular weight excluding hydrogens is 388 g/mol. The van der Waals surface area contributed by atoms with Crippen molar-refractivity contribution in [1.82, 2.24) is 0 Å². The van der Waals surface area contributed by atoms with Gasteiger partial charge in [-0.2, -0.15) is 0 Å². The fraction of sp³-hybridized carbons (Fsp3) is 0.704.